The molecule has 0 aromatic heterocycles. The molecule has 0 spiro atoms. The van der Waals surface area contributed by atoms with E-state index in [2.05, 4.69) is 5.32 Å². The maximum Gasteiger partial charge on any atom is 0.138 e. The summed E-state index contributed by atoms with van der Waals surface area (Å²) in [6, 6.07) is 5.00. The highest BCUT2D eigenvalue weighted by Gasteiger charge is 2.13. The number of aliphatic hydroxyl groups is 1. The highest BCUT2D eigenvalue weighted by atomic mass is 35.5. The first-order chi connectivity index (χ1) is 8.28. The average Bonchev–Trinajstić information content (AvgIpc) is 2.24. The largest absolute Gasteiger partial charge is 0.489 e. The molecule has 0 saturated heterocycles. The Balaban J connectivity index is 2.40. The monoisotopic (exact) mass is 291 g/mol. The van der Waals surface area contributed by atoms with Crippen molar-refractivity contribution in [1.82, 2.24) is 5.32 Å². The summed E-state index contributed by atoms with van der Waals surface area (Å²) in [5, 5.41) is 14.0. The van der Waals surface area contributed by atoms with Crippen molar-refractivity contribution in [1.29, 1.82) is 0 Å². The van der Waals surface area contributed by atoms with Crippen molar-refractivity contribution in [3.63, 3.8) is 0 Å². The van der Waals surface area contributed by atoms with Gasteiger partial charge in [0, 0.05) is 17.1 Å². The van der Waals surface area contributed by atoms with Crippen molar-refractivity contribution in [3.05, 3.63) is 28.2 Å². The Labute approximate surface area is 118 Å². The molecule has 0 aliphatic carbocycles. The van der Waals surface area contributed by atoms with Gasteiger partial charge >= 0.3 is 0 Å². The summed E-state index contributed by atoms with van der Waals surface area (Å²) < 4.78 is 5.44. The molecule has 1 aromatic rings. The molecule has 2 N–H and O–H groups in total. The van der Waals surface area contributed by atoms with E-state index < -0.39 is 6.10 Å². The van der Waals surface area contributed by atoms with Gasteiger partial charge in [-0.1, -0.05) is 23.2 Å². The number of ether oxygens (including phenoxy) is 1. The second kappa shape index (κ2) is 6.62. The van der Waals surface area contributed by atoms with Gasteiger partial charge in [-0.05, 0) is 39.0 Å². The van der Waals surface area contributed by atoms with Crippen LogP contribution in [0.2, 0.25) is 10.0 Å². The lowest BCUT2D eigenvalue weighted by molar-refractivity contribution is 0.100. The number of aliphatic hydroxyl groups excluding tert-OH is 1. The minimum atomic E-state index is -0.587. The molecule has 1 aromatic carbocycles. The van der Waals surface area contributed by atoms with E-state index in [-0.39, 0.29) is 12.1 Å². The van der Waals surface area contributed by atoms with Crippen LogP contribution < -0.4 is 10.1 Å². The molecule has 0 saturated carbocycles. The molecule has 5 heteroatoms. The van der Waals surface area contributed by atoms with Crippen molar-refractivity contribution < 1.29 is 9.84 Å². The molecule has 0 fully saturated rings. The summed E-state index contributed by atoms with van der Waals surface area (Å²) in [4.78, 5) is 0. The lowest BCUT2D eigenvalue weighted by atomic mass is 10.1. The lowest BCUT2D eigenvalue weighted by Gasteiger charge is -2.23. The first kappa shape index (κ1) is 15.6. The number of halogens is 2. The van der Waals surface area contributed by atoms with Crippen LogP contribution in [0, 0.1) is 0 Å². The number of nitrogens with one attached hydrogen (secondary N) is 1. The van der Waals surface area contributed by atoms with Crippen molar-refractivity contribution >= 4 is 23.2 Å². The third-order valence-electron chi connectivity index (χ3n) is 2.19. The topological polar surface area (TPSA) is 41.5 Å². The van der Waals surface area contributed by atoms with E-state index in [0.29, 0.717) is 22.3 Å². The van der Waals surface area contributed by atoms with E-state index >= 15 is 0 Å². The zero-order chi connectivity index (χ0) is 13.8. The van der Waals surface area contributed by atoms with Gasteiger partial charge in [0.1, 0.15) is 18.5 Å². The maximum atomic E-state index is 9.76. The molecular formula is C13H19Cl2NO2. The first-order valence-electron chi connectivity index (χ1n) is 5.79. The highest BCUT2D eigenvalue weighted by Crippen LogP contribution is 2.27. The normalized spacial score (nSPS) is 13.4. The van der Waals surface area contributed by atoms with Crippen LogP contribution in [0.25, 0.3) is 0 Å². The molecule has 0 radical (unpaired) electrons. The van der Waals surface area contributed by atoms with E-state index in [4.69, 9.17) is 27.9 Å². The molecular weight excluding hydrogens is 273 g/mol. The number of benzene rings is 1. The zero-order valence-electron chi connectivity index (χ0n) is 10.8. The standard InChI is InChI=1S/C13H19Cl2NO2/c1-13(2,3)16-7-10(17)8-18-12-5-4-9(14)6-11(12)15/h4-6,10,16-17H,7-8H2,1-3H3. The molecule has 0 heterocycles. The van der Waals surface area contributed by atoms with Crippen molar-refractivity contribution in [2.75, 3.05) is 13.2 Å². The molecule has 0 aliphatic rings. The summed E-state index contributed by atoms with van der Waals surface area (Å²) in [7, 11) is 0. The first-order valence-corrected chi connectivity index (χ1v) is 6.54. The molecule has 18 heavy (non-hydrogen) atoms. The Hall–Kier alpha value is -0.480. The molecule has 102 valence electrons. The van der Waals surface area contributed by atoms with Gasteiger partial charge in [0.05, 0.1) is 5.02 Å². The third-order valence-corrected chi connectivity index (χ3v) is 2.72. The number of β-amino-alcohol motifs (C(OH)–C–C–N with tert-alkyl or cyclic N) is 1. The summed E-state index contributed by atoms with van der Waals surface area (Å²) >= 11 is 11.7. The quantitative estimate of drug-likeness (QED) is 0.876. The fraction of sp³-hybridized carbons (Fsp3) is 0.538. The molecule has 0 bridgehead atoms. The van der Waals surface area contributed by atoms with Gasteiger partial charge in [0.15, 0.2) is 0 Å². The van der Waals surface area contributed by atoms with Crippen LogP contribution in [-0.2, 0) is 0 Å². The Bertz CT molecular complexity index is 391. The van der Waals surface area contributed by atoms with Crippen LogP contribution in [0.15, 0.2) is 18.2 Å². The number of hydrogen-bond acceptors (Lipinski definition) is 3. The minimum Gasteiger partial charge on any atom is -0.489 e. The minimum absolute atomic E-state index is 0.0289. The fourth-order valence-electron chi connectivity index (χ4n) is 1.26. The molecule has 1 atom stereocenters. The van der Waals surface area contributed by atoms with Gasteiger partial charge in [-0.2, -0.15) is 0 Å². The van der Waals surface area contributed by atoms with Gasteiger partial charge in [-0.3, -0.25) is 0 Å². The fourth-order valence-corrected chi connectivity index (χ4v) is 1.72. The van der Waals surface area contributed by atoms with Crippen LogP contribution in [0.4, 0.5) is 0 Å². The van der Waals surface area contributed by atoms with E-state index in [1.165, 1.54) is 0 Å². The Morgan fingerprint density at radius 1 is 1.33 bits per heavy atom. The molecule has 0 amide bonds. The lowest BCUT2D eigenvalue weighted by Crippen LogP contribution is -2.42. The second-order valence-corrected chi connectivity index (χ2v) is 6.01. The van der Waals surface area contributed by atoms with E-state index in [9.17, 15) is 5.11 Å². The average molecular weight is 292 g/mol. The van der Waals surface area contributed by atoms with E-state index in [1.807, 2.05) is 20.8 Å². The third kappa shape index (κ3) is 5.91. The van der Waals surface area contributed by atoms with Crippen LogP contribution in [0.3, 0.4) is 0 Å². The van der Waals surface area contributed by atoms with Crippen molar-refractivity contribution in [2.45, 2.75) is 32.4 Å². The zero-order valence-corrected chi connectivity index (χ0v) is 12.3. The number of rotatable bonds is 5. The summed E-state index contributed by atoms with van der Waals surface area (Å²) in [6.45, 7) is 6.77. The predicted molar refractivity (Wildman–Crippen MR) is 75.7 cm³/mol. The summed E-state index contributed by atoms with van der Waals surface area (Å²) in [6.07, 6.45) is -0.587. The maximum absolute atomic E-state index is 9.76. The molecule has 0 aliphatic heterocycles. The van der Waals surface area contributed by atoms with Crippen LogP contribution >= 0.6 is 23.2 Å². The second-order valence-electron chi connectivity index (χ2n) is 5.17. The van der Waals surface area contributed by atoms with E-state index in [1.54, 1.807) is 18.2 Å². The Morgan fingerprint density at radius 3 is 2.56 bits per heavy atom. The highest BCUT2D eigenvalue weighted by molar-refractivity contribution is 6.35. The van der Waals surface area contributed by atoms with Gasteiger partial charge < -0.3 is 15.2 Å². The molecule has 1 unspecified atom stereocenters. The molecule has 3 nitrogen and oxygen atoms in total. The summed E-state index contributed by atoms with van der Waals surface area (Å²) in [5.41, 5.74) is -0.0289. The molecule has 1 rings (SSSR count). The van der Waals surface area contributed by atoms with Crippen molar-refractivity contribution in [2.24, 2.45) is 0 Å². The van der Waals surface area contributed by atoms with Crippen LogP contribution in [0.1, 0.15) is 20.8 Å². The number of hydrogen-bond donors (Lipinski definition) is 2. The van der Waals surface area contributed by atoms with Gasteiger partial charge in [-0.25, -0.2) is 0 Å². The van der Waals surface area contributed by atoms with Crippen molar-refractivity contribution in [3.8, 4) is 5.75 Å². The van der Waals surface area contributed by atoms with E-state index in [0.717, 1.165) is 0 Å². The van der Waals surface area contributed by atoms with Gasteiger partial charge in [0.25, 0.3) is 0 Å². The van der Waals surface area contributed by atoms with Gasteiger partial charge in [-0.15, -0.1) is 0 Å². The predicted octanol–water partition coefficient (Wildman–Crippen LogP) is 3.12. The smallest absolute Gasteiger partial charge is 0.138 e. The SMILES string of the molecule is CC(C)(C)NCC(O)COc1ccc(Cl)cc1Cl. The van der Waals surface area contributed by atoms with Crippen LogP contribution in [-0.4, -0.2) is 29.9 Å². The summed E-state index contributed by atoms with van der Waals surface area (Å²) in [5.74, 6) is 0.524. The van der Waals surface area contributed by atoms with Crippen LogP contribution in [0.5, 0.6) is 5.75 Å². The Kier molecular flexibility index (Phi) is 5.73. The van der Waals surface area contributed by atoms with Gasteiger partial charge in [0.2, 0.25) is 0 Å². The Morgan fingerprint density at radius 2 is 2.00 bits per heavy atom.